The number of benzene rings is 2. The molecule has 1 atom stereocenters. The van der Waals surface area contributed by atoms with Gasteiger partial charge in [-0.3, -0.25) is 14.4 Å². The lowest BCUT2D eigenvalue weighted by Crippen LogP contribution is -2.28. The van der Waals surface area contributed by atoms with E-state index in [1.807, 2.05) is 39.0 Å². The van der Waals surface area contributed by atoms with Crippen LogP contribution in [0.2, 0.25) is 0 Å². The number of carbonyl (C=O) groups excluding carboxylic acids is 3. The second kappa shape index (κ2) is 8.57. The minimum absolute atomic E-state index is 0.0820. The van der Waals surface area contributed by atoms with Crippen molar-refractivity contribution >= 4 is 34.8 Å². The van der Waals surface area contributed by atoms with Crippen molar-refractivity contribution in [1.29, 1.82) is 0 Å². The number of hydrogen-bond donors (Lipinski definition) is 2. The zero-order valence-electron chi connectivity index (χ0n) is 17.7. The summed E-state index contributed by atoms with van der Waals surface area (Å²) in [4.78, 5) is 38.8. The van der Waals surface area contributed by atoms with E-state index in [0.717, 1.165) is 0 Å². The van der Waals surface area contributed by atoms with Gasteiger partial charge in [-0.2, -0.15) is 0 Å². The van der Waals surface area contributed by atoms with Crippen LogP contribution in [0.4, 0.5) is 17.1 Å². The molecule has 0 unspecified atom stereocenters. The summed E-state index contributed by atoms with van der Waals surface area (Å²) in [6, 6.07) is 14.2. The zero-order valence-corrected chi connectivity index (χ0v) is 17.7. The third-order valence-electron chi connectivity index (χ3n) is 4.95. The van der Waals surface area contributed by atoms with Crippen molar-refractivity contribution in [3.8, 4) is 5.75 Å². The topological polar surface area (TPSA) is 87.7 Å². The summed E-state index contributed by atoms with van der Waals surface area (Å²) in [5, 5.41) is 5.70. The summed E-state index contributed by atoms with van der Waals surface area (Å²) in [6.45, 7) is 5.84. The van der Waals surface area contributed by atoms with Crippen LogP contribution in [0.5, 0.6) is 5.75 Å². The zero-order chi connectivity index (χ0) is 21.9. The molecule has 30 heavy (non-hydrogen) atoms. The number of rotatable bonds is 5. The first-order valence-electron chi connectivity index (χ1n) is 9.84. The van der Waals surface area contributed by atoms with Crippen molar-refractivity contribution in [3.63, 3.8) is 0 Å². The molecule has 3 rings (SSSR count). The van der Waals surface area contributed by atoms with E-state index in [2.05, 4.69) is 10.6 Å². The van der Waals surface area contributed by atoms with Crippen molar-refractivity contribution in [2.45, 2.75) is 27.2 Å². The van der Waals surface area contributed by atoms with Gasteiger partial charge in [0.25, 0.3) is 0 Å². The van der Waals surface area contributed by atoms with Gasteiger partial charge in [0.05, 0.1) is 13.0 Å². The number of anilines is 3. The van der Waals surface area contributed by atoms with Crippen LogP contribution in [0.15, 0.2) is 48.5 Å². The van der Waals surface area contributed by atoms with E-state index in [-0.39, 0.29) is 24.1 Å². The number of nitrogens with one attached hydrogen (secondary N) is 2. The first-order chi connectivity index (χ1) is 14.2. The Bertz CT molecular complexity index is 948. The highest BCUT2D eigenvalue weighted by atomic mass is 16.5. The Balaban J connectivity index is 1.61. The normalized spacial score (nSPS) is 16.3. The second-order valence-electron chi connectivity index (χ2n) is 8.38. The van der Waals surface area contributed by atoms with E-state index in [4.69, 9.17) is 4.74 Å². The van der Waals surface area contributed by atoms with Crippen molar-refractivity contribution in [2.24, 2.45) is 11.3 Å². The Labute approximate surface area is 176 Å². The summed E-state index contributed by atoms with van der Waals surface area (Å²) < 4.78 is 5.21. The number of hydrogen-bond acceptors (Lipinski definition) is 4. The van der Waals surface area contributed by atoms with Gasteiger partial charge in [-0.1, -0.05) is 26.8 Å². The Morgan fingerprint density at radius 1 is 1.03 bits per heavy atom. The molecule has 1 aliphatic heterocycles. The summed E-state index contributed by atoms with van der Waals surface area (Å²) in [5.41, 5.74) is 1.50. The lowest BCUT2D eigenvalue weighted by Gasteiger charge is -2.18. The van der Waals surface area contributed by atoms with Crippen molar-refractivity contribution in [1.82, 2.24) is 0 Å². The highest BCUT2D eigenvalue weighted by molar-refractivity contribution is 6.03. The smallest absolute Gasteiger partial charge is 0.229 e. The molecule has 0 aromatic heterocycles. The summed E-state index contributed by atoms with van der Waals surface area (Å²) in [6.07, 6.45) is 0.156. The first-order valence-corrected chi connectivity index (χ1v) is 9.84. The SMILES string of the molecule is COc1cccc(N2C[C@@H](C(=O)Nc3ccc(NC(=O)C(C)(C)C)cc3)CC2=O)c1. The quantitative estimate of drug-likeness (QED) is 0.789. The molecule has 0 saturated carbocycles. The van der Waals surface area contributed by atoms with Gasteiger partial charge in [0.2, 0.25) is 17.7 Å². The average Bonchev–Trinajstić information content (AvgIpc) is 3.10. The minimum atomic E-state index is -0.490. The molecule has 0 spiro atoms. The monoisotopic (exact) mass is 409 g/mol. The predicted molar refractivity (Wildman–Crippen MR) is 117 cm³/mol. The van der Waals surface area contributed by atoms with Gasteiger partial charge in [-0.25, -0.2) is 0 Å². The van der Waals surface area contributed by atoms with Crippen LogP contribution in [0, 0.1) is 11.3 Å². The van der Waals surface area contributed by atoms with Gasteiger partial charge >= 0.3 is 0 Å². The molecule has 1 fully saturated rings. The standard InChI is InChI=1S/C23H27N3O4/c1-23(2,3)22(29)25-17-10-8-16(9-11-17)24-21(28)15-12-20(27)26(14-15)18-6-5-7-19(13-18)30-4/h5-11,13,15H,12,14H2,1-4H3,(H,24,28)(H,25,29)/t15-/m0/s1. The average molecular weight is 409 g/mol. The molecule has 1 aliphatic rings. The lowest BCUT2D eigenvalue weighted by molar-refractivity contribution is -0.123. The molecule has 3 amide bonds. The first kappa shape index (κ1) is 21.4. The van der Waals surface area contributed by atoms with E-state index >= 15 is 0 Å². The Kier molecular flexibility index (Phi) is 6.10. The molecule has 0 radical (unpaired) electrons. The van der Waals surface area contributed by atoms with Gasteiger partial charge in [-0.05, 0) is 36.4 Å². The maximum atomic E-state index is 12.7. The van der Waals surface area contributed by atoms with Crippen molar-refractivity contribution in [2.75, 3.05) is 29.2 Å². The molecule has 7 nitrogen and oxygen atoms in total. The van der Waals surface area contributed by atoms with Crippen LogP contribution >= 0.6 is 0 Å². The van der Waals surface area contributed by atoms with Gasteiger partial charge < -0.3 is 20.3 Å². The van der Waals surface area contributed by atoms with E-state index in [9.17, 15) is 14.4 Å². The van der Waals surface area contributed by atoms with Crippen molar-refractivity contribution < 1.29 is 19.1 Å². The molecular formula is C23H27N3O4. The molecule has 2 N–H and O–H groups in total. The van der Waals surface area contributed by atoms with E-state index in [1.165, 1.54) is 0 Å². The molecular weight excluding hydrogens is 382 g/mol. The van der Waals surface area contributed by atoms with E-state index < -0.39 is 11.3 Å². The van der Waals surface area contributed by atoms with Crippen LogP contribution in [-0.4, -0.2) is 31.4 Å². The minimum Gasteiger partial charge on any atom is -0.497 e. The summed E-state index contributed by atoms with van der Waals surface area (Å²) in [5.74, 6) is -0.166. The fraction of sp³-hybridized carbons (Fsp3) is 0.348. The highest BCUT2D eigenvalue weighted by Crippen LogP contribution is 2.28. The number of methoxy groups -OCH3 is 1. The third kappa shape index (κ3) is 4.97. The second-order valence-corrected chi connectivity index (χ2v) is 8.38. The number of amides is 3. The van der Waals surface area contributed by atoms with Gasteiger partial charge in [-0.15, -0.1) is 0 Å². The molecule has 0 aliphatic carbocycles. The molecule has 2 aromatic carbocycles. The maximum absolute atomic E-state index is 12.7. The largest absolute Gasteiger partial charge is 0.497 e. The van der Waals surface area contributed by atoms with Gasteiger partial charge in [0, 0.05) is 41.5 Å². The molecule has 1 saturated heterocycles. The van der Waals surface area contributed by atoms with Gasteiger partial charge in [0.1, 0.15) is 5.75 Å². The van der Waals surface area contributed by atoms with E-state index in [0.29, 0.717) is 29.4 Å². The van der Waals surface area contributed by atoms with Crippen LogP contribution in [0.25, 0.3) is 0 Å². The number of ether oxygens (including phenoxy) is 1. The molecule has 0 bridgehead atoms. The van der Waals surface area contributed by atoms with Crippen LogP contribution in [0.1, 0.15) is 27.2 Å². The summed E-state index contributed by atoms with van der Waals surface area (Å²) >= 11 is 0. The Morgan fingerprint density at radius 2 is 1.67 bits per heavy atom. The Morgan fingerprint density at radius 3 is 2.27 bits per heavy atom. The number of nitrogens with zero attached hydrogens (tertiary/aromatic N) is 1. The van der Waals surface area contributed by atoms with Crippen LogP contribution < -0.4 is 20.3 Å². The molecule has 1 heterocycles. The predicted octanol–water partition coefficient (Wildman–Crippen LogP) is 3.67. The van der Waals surface area contributed by atoms with E-state index in [1.54, 1.807) is 42.3 Å². The third-order valence-corrected chi connectivity index (χ3v) is 4.95. The Hall–Kier alpha value is -3.35. The molecule has 7 heteroatoms. The van der Waals surface area contributed by atoms with Gasteiger partial charge in [0.15, 0.2) is 0 Å². The lowest BCUT2D eigenvalue weighted by atomic mass is 9.95. The molecule has 2 aromatic rings. The fourth-order valence-corrected chi connectivity index (χ4v) is 3.11. The van der Waals surface area contributed by atoms with Crippen LogP contribution in [0.3, 0.4) is 0 Å². The summed E-state index contributed by atoms with van der Waals surface area (Å²) in [7, 11) is 1.57. The van der Waals surface area contributed by atoms with Crippen molar-refractivity contribution in [3.05, 3.63) is 48.5 Å². The molecule has 158 valence electrons. The number of carbonyl (C=O) groups is 3. The maximum Gasteiger partial charge on any atom is 0.229 e. The van der Waals surface area contributed by atoms with Crippen LogP contribution in [-0.2, 0) is 14.4 Å². The highest BCUT2D eigenvalue weighted by Gasteiger charge is 2.35. The fourth-order valence-electron chi connectivity index (χ4n) is 3.11.